The van der Waals surface area contributed by atoms with E-state index in [2.05, 4.69) is 27.3 Å². The molecule has 0 saturated heterocycles. The number of allylic oxidation sites excluding steroid dienone is 2. The minimum Gasteiger partial charge on any atom is -0.508 e. The first-order valence-electron chi connectivity index (χ1n) is 16.6. The van der Waals surface area contributed by atoms with Crippen LogP contribution in [-0.4, -0.2) is 89.0 Å². The summed E-state index contributed by atoms with van der Waals surface area (Å²) < 4.78 is 0. The van der Waals surface area contributed by atoms with Gasteiger partial charge >= 0.3 is 5.97 Å². The van der Waals surface area contributed by atoms with Gasteiger partial charge in [-0.2, -0.15) is 0 Å². The summed E-state index contributed by atoms with van der Waals surface area (Å²) in [6.07, 6.45) is 7.72. The van der Waals surface area contributed by atoms with Gasteiger partial charge in [0.2, 0.25) is 23.6 Å². The highest BCUT2D eigenvalue weighted by atomic mass is 16.4. The van der Waals surface area contributed by atoms with Crippen molar-refractivity contribution in [2.24, 2.45) is 5.92 Å². The summed E-state index contributed by atoms with van der Waals surface area (Å²) in [6.45, 7) is 3.90. The molecule has 0 radical (unpaired) electrons. The van der Waals surface area contributed by atoms with Crippen LogP contribution in [0.1, 0.15) is 57.1 Å². The molecule has 3 rings (SSSR count). The number of phenolic OH excluding ortho intramolecular Hbond substituents is 1. The fourth-order valence-electron chi connectivity index (χ4n) is 5.38. The van der Waals surface area contributed by atoms with Crippen LogP contribution in [0.5, 0.6) is 5.75 Å². The van der Waals surface area contributed by atoms with Gasteiger partial charge in [0.25, 0.3) is 0 Å². The molecular weight excluding hydrogens is 614 g/mol. The van der Waals surface area contributed by atoms with Crippen LogP contribution in [0, 0.1) is 5.92 Å². The maximum Gasteiger partial charge on any atom is 0.326 e. The van der Waals surface area contributed by atoms with E-state index in [1.165, 1.54) is 4.90 Å². The molecule has 1 heterocycles. The van der Waals surface area contributed by atoms with E-state index in [1.807, 2.05) is 38.1 Å². The van der Waals surface area contributed by atoms with E-state index in [1.54, 1.807) is 36.4 Å². The highest BCUT2D eigenvalue weighted by Gasteiger charge is 2.29. The zero-order chi connectivity index (χ0) is 34.9. The minimum absolute atomic E-state index is 0.0146. The average molecular weight is 664 g/mol. The summed E-state index contributed by atoms with van der Waals surface area (Å²) >= 11 is 0. The molecule has 1 aliphatic heterocycles. The number of rotatable bonds is 12. The Morgan fingerprint density at radius 1 is 0.917 bits per heavy atom. The largest absolute Gasteiger partial charge is 0.508 e. The molecule has 2 aromatic carbocycles. The Morgan fingerprint density at radius 3 is 2.27 bits per heavy atom. The molecule has 0 fully saturated rings. The highest BCUT2D eigenvalue weighted by Crippen LogP contribution is 2.12. The molecule has 260 valence electrons. The molecule has 0 spiro atoms. The molecule has 48 heavy (non-hydrogen) atoms. The lowest BCUT2D eigenvalue weighted by atomic mass is 10.0. The lowest BCUT2D eigenvalue weighted by Gasteiger charge is -2.26. The first-order valence-corrected chi connectivity index (χ1v) is 16.6. The van der Waals surface area contributed by atoms with E-state index in [4.69, 9.17) is 0 Å². The number of nitrogens with zero attached hydrogens (tertiary/aromatic N) is 1. The number of carbonyl (C=O) groups excluding carboxylic acids is 4. The molecule has 0 saturated carbocycles. The monoisotopic (exact) mass is 663 g/mol. The Hall–Kier alpha value is -4.71. The third kappa shape index (κ3) is 13.6. The summed E-state index contributed by atoms with van der Waals surface area (Å²) in [5, 5.41) is 30.6. The number of hydrogen-bond acceptors (Lipinski definition) is 7. The van der Waals surface area contributed by atoms with Crippen molar-refractivity contribution in [2.75, 3.05) is 26.2 Å². The number of aliphatic carboxylic acids is 1. The van der Waals surface area contributed by atoms with E-state index in [0.717, 1.165) is 24.0 Å². The second-order valence-corrected chi connectivity index (χ2v) is 12.5. The summed E-state index contributed by atoms with van der Waals surface area (Å²) in [6, 6.07) is 12.8. The Kier molecular flexibility index (Phi) is 15.6. The van der Waals surface area contributed by atoms with Gasteiger partial charge in [0.15, 0.2) is 0 Å². The van der Waals surface area contributed by atoms with Crippen LogP contribution in [0.2, 0.25) is 0 Å². The molecule has 0 aromatic heterocycles. The van der Waals surface area contributed by atoms with Gasteiger partial charge in [-0.05, 0) is 74.2 Å². The molecule has 2 aromatic rings. The topological polar surface area (TPSA) is 177 Å². The van der Waals surface area contributed by atoms with Gasteiger partial charge in [0.05, 0.1) is 19.1 Å². The van der Waals surface area contributed by atoms with Crippen molar-refractivity contribution in [3.8, 4) is 5.75 Å². The molecule has 3 atom stereocenters. The zero-order valence-electron chi connectivity index (χ0n) is 27.8. The molecule has 1 aliphatic rings. The summed E-state index contributed by atoms with van der Waals surface area (Å²) in [5.74, 6) is -3.04. The van der Waals surface area contributed by atoms with Crippen LogP contribution in [0.4, 0.5) is 0 Å². The van der Waals surface area contributed by atoms with Crippen LogP contribution < -0.4 is 21.3 Å². The van der Waals surface area contributed by atoms with E-state index in [-0.39, 0.29) is 50.1 Å². The van der Waals surface area contributed by atoms with Gasteiger partial charge in [-0.25, -0.2) is 4.79 Å². The Bertz CT molecular complexity index is 1380. The number of phenols is 1. The first kappa shape index (κ1) is 37.7. The summed E-state index contributed by atoms with van der Waals surface area (Å²) in [7, 11) is 0. The van der Waals surface area contributed by atoms with E-state index < -0.39 is 41.8 Å². The fourth-order valence-corrected chi connectivity index (χ4v) is 5.38. The average Bonchev–Trinajstić information content (AvgIpc) is 3.05. The molecule has 4 amide bonds. The summed E-state index contributed by atoms with van der Waals surface area (Å²) in [4.78, 5) is 66.6. The smallest absolute Gasteiger partial charge is 0.326 e. The minimum atomic E-state index is -1.16. The molecule has 0 aliphatic carbocycles. The fraction of sp³-hybridized carbons (Fsp3) is 0.472. The quantitative estimate of drug-likeness (QED) is 0.188. The molecule has 12 nitrogen and oxygen atoms in total. The Balaban J connectivity index is 1.72. The van der Waals surface area contributed by atoms with Crippen molar-refractivity contribution in [1.29, 1.82) is 0 Å². The number of amides is 4. The number of nitrogens with one attached hydrogen (secondary N) is 4. The van der Waals surface area contributed by atoms with Crippen LogP contribution in [-0.2, 0) is 36.8 Å². The predicted molar refractivity (Wildman–Crippen MR) is 182 cm³/mol. The van der Waals surface area contributed by atoms with Gasteiger partial charge in [-0.15, -0.1) is 0 Å². The zero-order valence-corrected chi connectivity index (χ0v) is 27.8. The standard InChI is InChI=1S/C36H49N5O7/c1-25(2)20-31(36(47)48)40-35(46)30(22-26-12-8-7-9-13-26)39-32(43)24-41-19-11-6-4-3-5-10-18-37-29(34(45)38-23-33(41)44)21-27-14-16-28(42)17-15-27/h3-4,7-9,12-17,25,29-31,37,42H,5-6,10-11,18-24H2,1-2H3,(H,38,45)(H,39,43)(H,40,46)(H,47,48)/b4-3+/t29-,30-,31-/m0/s1. The normalized spacial score (nSPS) is 18.5. The van der Waals surface area contributed by atoms with E-state index in [0.29, 0.717) is 25.8 Å². The van der Waals surface area contributed by atoms with Crippen LogP contribution in [0.3, 0.4) is 0 Å². The van der Waals surface area contributed by atoms with Gasteiger partial charge in [-0.1, -0.05) is 68.5 Å². The number of benzene rings is 2. The van der Waals surface area contributed by atoms with Crippen molar-refractivity contribution in [2.45, 2.75) is 76.9 Å². The Labute approximate surface area is 282 Å². The molecule has 6 N–H and O–H groups in total. The van der Waals surface area contributed by atoms with Gasteiger partial charge < -0.3 is 36.4 Å². The van der Waals surface area contributed by atoms with Crippen LogP contribution in [0.15, 0.2) is 66.7 Å². The van der Waals surface area contributed by atoms with E-state index >= 15 is 0 Å². The van der Waals surface area contributed by atoms with Crippen molar-refractivity contribution in [3.63, 3.8) is 0 Å². The number of hydrogen-bond donors (Lipinski definition) is 6. The highest BCUT2D eigenvalue weighted by molar-refractivity contribution is 5.93. The number of carboxylic acid groups (broad SMARTS) is 1. The number of carboxylic acids is 1. The SMILES string of the molecule is CC(C)C[C@H](NC(=O)[C@H](Cc1ccccc1)NC(=O)CN1CCC/C=C/CCCN[C@@H](Cc2ccc(O)cc2)C(=O)NCC1=O)C(=O)O. The van der Waals surface area contributed by atoms with Gasteiger partial charge in [0.1, 0.15) is 17.8 Å². The second kappa shape index (κ2) is 19.8. The van der Waals surface area contributed by atoms with E-state index in [9.17, 15) is 34.2 Å². The first-order chi connectivity index (χ1) is 23.0. The molecule has 0 unspecified atom stereocenters. The number of carbonyl (C=O) groups is 5. The Morgan fingerprint density at radius 2 is 1.60 bits per heavy atom. The lowest BCUT2D eigenvalue weighted by Crippen LogP contribution is -2.55. The van der Waals surface area contributed by atoms with Crippen molar-refractivity contribution in [3.05, 3.63) is 77.9 Å². The summed E-state index contributed by atoms with van der Waals surface area (Å²) in [5.41, 5.74) is 1.61. The maximum absolute atomic E-state index is 13.4. The van der Waals surface area contributed by atoms with Crippen LogP contribution in [0.25, 0.3) is 0 Å². The van der Waals surface area contributed by atoms with Gasteiger partial charge in [-0.3, -0.25) is 19.2 Å². The van der Waals surface area contributed by atoms with Crippen LogP contribution >= 0.6 is 0 Å². The number of aromatic hydroxyl groups is 1. The third-order valence-corrected chi connectivity index (χ3v) is 7.95. The van der Waals surface area contributed by atoms with Crippen molar-refractivity contribution in [1.82, 2.24) is 26.2 Å². The molecule has 12 heteroatoms. The van der Waals surface area contributed by atoms with Crippen molar-refractivity contribution < 1.29 is 34.2 Å². The molecular formula is C36H49N5O7. The second-order valence-electron chi connectivity index (χ2n) is 12.5. The van der Waals surface area contributed by atoms with Crippen molar-refractivity contribution >= 4 is 29.6 Å². The molecule has 0 bridgehead atoms. The van der Waals surface area contributed by atoms with Gasteiger partial charge in [0, 0.05) is 13.0 Å². The lowest BCUT2D eigenvalue weighted by molar-refractivity contribution is -0.143. The third-order valence-electron chi connectivity index (χ3n) is 7.95. The predicted octanol–water partition coefficient (Wildman–Crippen LogP) is 2.31. The maximum atomic E-state index is 13.4.